The molecule has 0 saturated heterocycles. The molecule has 0 unspecified atom stereocenters. The van der Waals surface area contributed by atoms with Gasteiger partial charge >= 0.3 is 5.97 Å². The lowest BCUT2D eigenvalue weighted by Crippen LogP contribution is -2.35. The molecule has 0 spiro atoms. The summed E-state index contributed by atoms with van der Waals surface area (Å²) in [6.07, 6.45) is 2.71. The molecule has 0 bridgehead atoms. The Bertz CT molecular complexity index is 649. The van der Waals surface area contributed by atoms with E-state index in [9.17, 15) is 19.5 Å². The summed E-state index contributed by atoms with van der Waals surface area (Å²) < 4.78 is 0. The third-order valence-electron chi connectivity index (χ3n) is 3.87. The van der Waals surface area contributed by atoms with Crippen molar-refractivity contribution in [3.8, 4) is 0 Å². The number of carboxylic acids is 1. The van der Waals surface area contributed by atoms with Crippen molar-refractivity contribution in [2.24, 2.45) is 11.8 Å². The second-order valence-corrected chi connectivity index (χ2v) is 5.79. The minimum absolute atomic E-state index is 0.171. The van der Waals surface area contributed by atoms with Crippen LogP contribution >= 0.6 is 0 Å². The van der Waals surface area contributed by atoms with Crippen LogP contribution in [0.2, 0.25) is 0 Å². The highest BCUT2D eigenvalue weighted by atomic mass is 16.4. The molecule has 2 amide bonds. The zero-order valence-corrected chi connectivity index (χ0v) is 13.1. The number of benzene rings is 1. The summed E-state index contributed by atoms with van der Waals surface area (Å²) in [5.74, 6) is -2.69. The molecule has 0 fully saturated rings. The molecule has 1 aromatic rings. The molecular formula is C17H20N2O4. The predicted octanol–water partition coefficient (Wildman–Crippen LogP) is 2.64. The SMILES string of the molecule is CC(=O)Nc1ccc(NC(=O)[C@@H]2CC(C)=CC[C@H]2C(=O)O)cc1. The first-order valence-electron chi connectivity index (χ1n) is 7.44. The van der Waals surface area contributed by atoms with Crippen molar-refractivity contribution < 1.29 is 19.5 Å². The molecule has 0 heterocycles. The van der Waals surface area contributed by atoms with Crippen LogP contribution in [0.4, 0.5) is 11.4 Å². The van der Waals surface area contributed by atoms with Gasteiger partial charge in [-0.15, -0.1) is 0 Å². The number of carbonyl (C=O) groups is 3. The Morgan fingerprint density at radius 2 is 1.61 bits per heavy atom. The first kappa shape index (κ1) is 16.7. The van der Waals surface area contributed by atoms with Crippen molar-refractivity contribution in [3.05, 3.63) is 35.9 Å². The molecule has 0 aromatic heterocycles. The van der Waals surface area contributed by atoms with Gasteiger partial charge in [0.1, 0.15) is 0 Å². The molecule has 122 valence electrons. The Morgan fingerprint density at radius 1 is 1.04 bits per heavy atom. The largest absolute Gasteiger partial charge is 0.481 e. The lowest BCUT2D eigenvalue weighted by molar-refractivity contribution is -0.146. The maximum Gasteiger partial charge on any atom is 0.307 e. The molecule has 6 heteroatoms. The summed E-state index contributed by atoms with van der Waals surface area (Å²) in [6, 6.07) is 6.70. The highest BCUT2D eigenvalue weighted by Gasteiger charge is 2.35. The predicted molar refractivity (Wildman–Crippen MR) is 87.0 cm³/mol. The van der Waals surface area contributed by atoms with Gasteiger partial charge in [0.2, 0.25) is 11.8 Å². The molecule has 0 aliphatic heterocycles. The van der Waals surface area contributed by atoms with E-state index in [4.69, 9.17) is 0 Å². The van der Waals surface area contributed by atoms with E-state index in [1.165, 1.54) is 6.92 Å². The second-order valence-electron chi connectivity index (χ2n) is 5.79. The van der Waals surface area contributed by atoms with Crippen molar-refractivity contribution in [1.29, 1.82) is 0 Å². The highest BCUT2D eigenvalue weighted by molar-refractivity contribution is 5.96. The van der Waals surface area contributed by atoms with Gasteiger partial charge in [-0.2, -0.15) is 0 Å². The lowest BCUT2D eigenvalue weighted by Gasteiger charge is -2.26. The number of hydrogen-bond acceptors (Lipinski definition) is 3. The normalized spacial score (nSPS) is 20.3. The lowest BCUT2D eigenvalue weighted by atomic mass is 9.79. The molecular weight excluding hydrogens is 296 g/mol. The number of nitrogens with one attached hydrogen (secondary N) is 2. The van der Waals surface area contributed by atoms with E-state index >= 15 is 0 Å². The highest BCUT2D eigenvalue weighted by Crippen LogP contribution is 2.31. The first-order valence-corrected chi connectivity index (χ1v) is 7.44. The van der Waals surface area contributed by atoms with E-state index in [1.807, 2.05) is 13.0 Å². The summed E-state index contributed by atoms with van der Waals surface area (Å²) in [5, 5.41) is 14.7. The van der Waals surface area contributed by atoms with Crippen molar-refractivity contribution in [2.45, 2.75) is 26.7 Å². The molecule has 1 aliphatic carbocycles. The number of amides is 2. The van der Waals surface area contributed by atoms with E-state index < -0.39 is 17.8 Å². The van der Waals surface area contributed by atoms with E-state index in [2.05, 4.69) is 10.6 Å². The zero-order chi connectivity index (χ0) is 17.0. The quantitative estimate of drug-likeness (QED) is 0.744. The number of rotatable bonds is 4. The number of aliphatic carboxylic acids is 1. The van der Waals surface area contributed by atoms with Crippen LogP contribution in [-0.4, -0.2) is 22.9 Å². The van der Waals surface area contributed by atoms with Crippen molar-refractivity contribution in [3.63, 3.8) is 0 Å². The second kappa shape index (κ2) is 7.09. The number of hydrogen-bond donors (Lipinski definition) is 3. The van der Waals surface area contributed by atoms with Gasteiger partial charge in [0.15, 0.2) is 0 Å². The van der Waals surface area contributed by atoms with Crippen LogP contribution in [0.1, 0.15) is 26.7 Å². The van der Waals surface area contributed by atoms with Crippen LogP contribution in [0.5, 0.6) is 0 Å². The molecule has 3 N–H and O–H groups in total. The summed E-state index contributed by atoms with van der Waals surface area (Å²) in [6.45, 7) is 3.32. The Balaban J connectivity index is 2.06. The van der Waals surface area contributed by atoms with Gasteiger partial charge in [0.05, 0.1) is 11.8 Å². The van der Waals surface area contributed by atoms with Gasteiger partial charge in [-0.25, -0.2) is 0 Å². The van der Waals surface area contributed by atoms with Crippen LogP contribution in [0.3, 0.4) is 0 Å². The average Bonchev–Trinajstić information content (AvgIpc) is 2.48. The summed E-state index contributed by atoms with van der Waals surface area (Å²) >= 11 is 0. The van der Waals surface area contributed by atoms with Crippen LogP contribution < -0.4 is 10.6 Å². The van der Waals surface area contributed by atoms with E-state index in [0.29, 0.717) is 24.2 Å². The van der Waals surface area contributed by atoms with E-state index in [0.717, 1.165) is 5.57 Å². The molecule has 2 rings (SSSR count). The van der Waals surface area contributed by atoms with Crippen LogP contribution in [-0.2, 0) is 14.4 Å². The van der Waals surface area contributed by atoms with Crippen molar-refractivity contribution in [2.75, 3.05) is 10.6 Å². The smallest absolute Gasteiger partial charge is 0.307 e. The third kappa shape index (κ3) is 4.42. The van der Waals surface area contributed by atoms with Crippen LogP contribution in [0.15, 0.2) is 35.9 Å². The number of anilines is 2. The Hall–Kier alpha value is -2.63. The van der Waals surface area contributed by atoms with Gasteiger partial charge in [-0.05, 0) is 44.0 Å². The molecule has 1 aromatic carbocycles. The molecule has 2 atom stereocenters. The fourth-order valence-corrected chi connectivity index (χ4v) is 2.69. The first-order chi connectivity index (χ1) is 10.9. The molecule has 6 nitrogen and oxygen atoms in total. The maximum absolute atomic E-state index is 12.4. The average molecular weight is 316 g/mol. The van der Waals surface area contributed by atoms with E-state index in [1.54, 1.807) is 24.3 Å². The number of carboxylic acid groups (broad SMARTS) is 1. The van der Waals surface area contributed by atoms with Crippen molar-refractivity contribution in [1.82, 2.24) is 0 Å². The fourth-order valence-electron chi connectivity index (χ4n) is 2.69. The van der Waals surface area contributed by atoms with Crippen LogP contribution in [0.25, 0.3) is 0 Å². The molecule has 1 aliphatic rings. The minimum atomic E-state index is -0.949. The number of allylic oxidation sites excluding steroid dienone is 2. The summed E-state index contributed by atoms with van der Waals surface area (Å²) in [5.41, 5.74) is 2.24. The topological polar surface area (TPSA) is 95.5 Å². The Labute approximate surface area is 134 Å². The van der Waals surface area contributed by atoms with E-state index in [-0.39, 0.29) is 11.8 Å². The number of carbonyl (C=O) groups excluding carboxylic acids is 2. The zero-order valence-electron chi connectivity index (χ0n) is 13.1. The Morgan fingerprint density at radius 3 is 2.13 bits per heavy atom. The minimum Gasteiger partial charge on any atom is -0.481 e. The molecule has 23 heavy (non-hydrogen) atoms. The maximum atomic E-state index is 12.4. The van der Waals surface area contributed by atoms with Gasteiger partial charge in [0.25, 0.3) is 0 Å². The monoisotopic (exact) mass is 316 g/mol. The van der Waals surface area contributed by atoms with Crippen molar-refractivity contribution >= 4 is 29.2 Å². The molecule has 0 radical (unpaired) electrons. The van der Waals surface area contributed by atoms with Gasteiger partial charge in [-0.3, -0.25) is 14.4 Å². The standard InChI is InChI=1S/C17H20N2O4/c1-10-3-8-14(17(22)23)15(9-10)16(21)19-13-6-4-12(5-7-13)18-11(2)20/h3-7,14-15H,8-9H2,1-2H3,(H,18,20)(H,19,21)(H,22,23)/t14-,15-/m1/s1. The van der Waals surface area contributed by atoms with Gasteiger partial charge < -0.3 is 15.7 Å². The summed E-state index contributed by atoms with van der Waals surface area (Å²) in [4.78, 5) is 34.7. The van der Waals surface area contributed by atoms with Crippen LogP contribution in [0, 0.1) is 11.8 Å². The van der Waals surface area contributed by atoms with Gasteiger partial charge in [-0.1, -0.05) is 11.6 Å². The molecule has 0 saturated carbocycles. The third-order valence-corrected chi connectivity index (χ3v) is 3.87. The summed E-state index contributed by atoms with van der Waals surface area (Å²) in [7, 11) is 0. The Kier molecular flexibility index (Phi) is 5.16. The van der Waals surface area contributed by atoms with Gasteiger partial charge in [0, 0.05) is 18.3 Å². The fraction of sp³-hybridized carbons (Fsp3) is 0.353.